The zero-order valence-corrected chi connectivity index (χ0v) is 12.5. The number of ether oxygens (including phenoxy) is 1. The number of amides is 1. The van der Waals surface area contributed by atoms with E-state index >= 15 is 0 Å². The lowest BCUT2D eigenvalue weighted by Gasteiger charge is -2.22. The van der Waals surface area contributed by atoms with Crippen molar-refractivity contribution in [2.24, 2.45) is 5.73 Å². The highest BCUT2D eigenvalue weighted by molar-refractivity contribution is 6.35. The molecule has 2 aliphatic rings. The first-order valence-corrected chi connectivity index (χ1v) is 7.31. The smallest absolute Gasteiger partial charge is 0.234 e. The minimum Gasteiger partial charge on any atom is -0.376 e. The molecule has 20 heavy (non-hydrogen) atoms. The first-order chi connectivity index (χ1) is 9.41. The molecule has 1 fully saturated rings. The van der Waals surface area contributed by atoms with Crippen LogP contribution in [-0.2, 0) is 14.9 Å². The summed E-state index contributed by atoms with van der Waals surface area (Å²) >= 11 is 6.31. The summed E-state index contributed by atoms with van der Waals surface area (Å²) in [5.41, 5.74) is 8.28. The molecule has 0 bridgehead atoms. The molecule has 0 spiro atoms. The van der Waals surface area contributed by atoms with Crippen molar-refractivity contribution >= 4 is 23.2 Å². The predicted molar refractivity (Wildman–Crippen MR) is 79.0 cm³/mol. The van der Waals surface area contributed by atoms with Gasteiger partial charge in [-0.2, -0.15) is 0 Å². The van der Waals surface area contributed by atoms with Gasteiger partial charge in [-0.25, -0.2) is 0 Å². The maximum absolute atomic E-state index is 12.0. The molecule has 0 aliphatic carbocycles. The molecule has 108 valence electrons. The van der Waals surface area contributed by atoms with Crippen molar-refractivity contribution < 1.29 is 9.53 Å². The zero-order chi connectivity index (χ0) is 14.5. The quantitative estimate of drug-likeness (QED) is 0.881. The summed E-state index contributed by atoms with van der Waals surface area (Å²) in [6.45, 7) is 4.56. The number of rotatable bonds is 2. The molecule has 1 amide bonds. The van der Waals surface area contributed by atoms with Crippen LogP contribution in [0.1, 0.15) is 43.9 Å². The van der Waals surface area contributed by atoms with Gasteiger partial charge >= 0.3 is 0 Å². The molecule has 2 heterocycles. The number of carbonyl (C=O) groups excluding carboxylic acids is 1. The van der Waals surface area contributed by atoms with E-state index in [1.54, 1.807) is 0 Å². The van der Waals surface area contributed by atoms with Gasteiger partial charge in [-0.1, -0.05) is 17.7 Å². The fourth-order valence-corrected chi connectivity index (χ4v) is 3.21. The SMILES string of the molecule is CC1(C)C(=O)Nc2c(Cl)cc(C(N)C3CCCO3)cc21. The van der Waals surface area contributed by atoms with Gasteiger partial charge in [0, 0.05) is 6.61 Å². The Balaban J connectivity index is 2.01. The molecule has 2 aliphatic heterocycles. The van der Waals surface area contributed by atoms with Crippen molar-refractivity contribution in [3.63, 3.8) is 0 Å². The molecule has 3 rings (SSSR count). The Morgan fingerprint density at radius 1 is 1.50 bits per heavy atom. The minimum atomic E-state index is -0.578. The van der Waals surface area contributed by atoms with Gasteiger partial charge in [-0.3, -0.25) is 4.79 Å². The normalized spacial score (nSPS) is 25.4. The molecule has 4 nitrogen and oxygen atoms in total. The van der Waals surface area contributed by atoms with Crippen LogP contribution >= 0.6 is 11.6 Å². The van der Waals surface area contributed by atoms with E-state index in [1.807, 2.05) is 26.0 Å². The van der Waals surface area contributed by atoms with Gasteiger partial charge in [0.2, 0.25) is 5.91 Å². The van der Waals surface area contributed by atoms with Crippen LogP contribution < -0.4 is 11.1 Å². The highest BCUT2D eigenvalue weighted by atomic mass is 35.5. The zero-order valence-electron chi connectivity index (χ0n) is 11.7. The van der Waals surface area contributed by atoms with Crippen molar-refractivity contribution in [3.05, 3.63) is 28.3 Å². The van der Waals surface area contributed by atoms with Crippen LogP contribution in [0.5, 0.6) is 0 Å². The van der Waals surface area contributed by atoms with Crippen LogP contribution in [0.3, 0.4) is 0 Å². The number of halogens is 1. The molecule has 0 aromatic heterocycles. The Morgan fingerprint density at radius 2 is 2.25 bits per heavy atom. The topological polar surface area (TPSA) is 64.4 Å². The number of nitrogens with one attached hydrogen (secondary N) is 1. The van der Waals surface area contributed by atoms with Crippen molar-refractivity contribution in [3.8, 4) is 0 Å². The monoisotopic (exact) mass is 294 g/mol. The van der Waals surface area contributed by atoms with Crippen molar-refractivity contribution in [2.45, 2.75) is 44.2 Å². The van der Waals surface area contributed by atoms with Gasteiger partial charge in [-0.05, 0) is 43.9 Å². The summed E-state index contributed by atoms with van der Waals surface area (Å²) < 4.78 is 5.65. The van der Waals surface area contributed by atoms with Gasteiger partial charge in [0.1, 0.15) is 0 Å². The van der Waals surface area contributed by atoms with Crippen molar-refractivity contribution in [1.29, 1.82) is 0 Å². The summed E-state index contributed by atoms with van der Waals surface area (Å²) in [5.74, 6) is -0.0303. The summed E-state index contributed by atoms with van der Waals surface area (Å²) in [7, 11) is 0. The number of hydrogen-bond acceptors (Lipinski definition) is 3. The van der Waals surface area contributed by atoms with Gasteiger partial charge < -0.3 is 15.8 Å². The number of benzene rings is 1. The van der Waals surface area contributed by atoms with Gasteiger partial charge in [0.25, 0.3) is 0 Å². The maximum Gasteiger partial charge on any atom is 0.234 e. The molecule has 1 aromatic rings. The lowest BCUT2D eigenvalue weighted by Crippen LogP contribution is -2.28. The highest BCUT2D eigenvalue weighted by Gasteiger charge is 2.40. The second-order valence-corrected chi connectivity index (χ2v) is 6.49. The summed E-state index contributed by atoms with van der Waals surface area (Å²) in [6.07, 6.45) is 2.05. The second kappa shape index (κ2) is 4.72. The van der Waals surface area contributed by atoms with Gasteiger partial charge in [0.15, 0.2) is 0 Å². The van der Waals surface area contributed by atoms with E-state index in [0.29, 0.717) is 10.7 Å². The van der Waals surface area contributed by atoms with E-state index in [-0.39, 0.29) is 18.1 Å². The van der Waals surface area contributed by atoms with Crippen molar-refractivity contribution in [2.75, 3.05) is 11.9 Å². The largest absolute Gasteiger partial charge is 0.376 e. The lowest BCUT2D eigenvalue weighted by atomic mass is 9.84. The van der Waals surface area contributed by atoms with Gasteiger partial charge in [-0.15, -0.1) is 0 Å². The Morgan fingerprint density at radius 3 is 2.90 bits per heavy atom. The standard InChI is InChI=1S/C15H19ClN2O2/c1-15(2)9-6-8(12(17)11-4-3-5-20-11)7-10(16)13(9)18-14(15)19/h6-7,11-12H,3-5,17H2,1-2H3,(H,18,19). The molecule has 5 heteroatoms. The minimum absolute atomic E-state index is 0.0303. The van der Waals surface area contributed by atoms with E-state index in [1.165, 1.54) is 0 Å². The molecule has 0 radical (unpaired) electrons. The number of fused-ring (bicyclic) bond motifs is 1. The van der Waals surface area contributed by atoms with E-state index in [0.717, 1.165) is 30.6 Å². The fraction of sp³-hybridized carbons (Fsp3) is 0.533. The van der Waals surface area contributed by atoms with Crippen molar-refractivity contribution in [1.82, 2.24) is 0 Å². The molecular formula is C15H19ClN2O2. The van der Waals surface area contributed by atoms with Crippen LogP contribution in [0.15, 0.2) is 12.1 Å². The second-order valence-electron chi connectivity index (χ2n) is 6.08. The van der Waals surface area contributed by atoms with Gasteiger partial charge in [0.05, 0.1) is 28.3 Å². The third-order valence-electron chi connectivity index (χ3n) is 4.34. The molecule has 1 saturated heterocycles. The van der Waals surface area contributed by atoms with Crippen LogP contribution in [-0.4, -0.2) is 18.6 Å². The highest BCUT2D eigenvalue weighted by Crippen LogP contribution is 2.43. The summed E-state index contributed by atoms with van der Waals surface area (Å²) in [4.78, 5) is 12.0. The number of carbonyl (C=O) groups is 1. The lowest BCUT2D eigenvalue weighted by molar-refractivity contribution is -0.119. The summed E-state index contributed by atoms with van der Waals surface area (Å²) in [5, 5.41) is 3.39. The molecule has 0 saturated carbocycles. The number of nitrogens with two attached hydrogens (primary N) is 1. The van der Waals surface area contributed by atoms with E-state index in [9.17, 15) is 4.79 Å². The third kappa shape index (κ3) is 2.03. The Hall–Kier alpha value is -1.10. The van der Waals surface area contributed by atoms with Crippen LogP contribution in [0.2, 0.25) is 5.02 Å². The average Bonchev–Trinajstić information content (AvgIpc) is 2.99. The van der Waals surface area contributed by atoms with Crippen LogP contribution in [0.4, 0.5) is 5.69 Å². The summed E-state index contributed by atoms with van der Waals surface area (Å²) in [6, 6.07) is 3.63. The predicted octanol–water partition coefficient (Wildman–Crippen LogP) is 2.75. The Bertz CT molecular complexity index is 565. The maximum atomic E-state index is 12.0. The molecule has 1 aromatic carbocycles. The van der Waals surface area contributed by atoms with E-state index in [4.69, 9.17) is 22.1 Å². The number of hydrogen-bond donors (Lipinski definition) is 2. The molecular weight excluding hydrogens is 276 g/mol. The Labute approximate surface area is 123 Å². The third-order valence-corrected chi connectivity index (χ3v) is 4.64. The van der Waals surface area contributed by atoms with Crippen LogP contribution in [0.25, 0.3) is 0 Å². The number of anilines is 1. The molecule has 2 unspecified atom stereocenters. The fourth-order valence-electron chi connectivity index (χ4n) is 2.93. The van der Waals surface area contributed by atoms with E-state index in [2.05, 4.69) is 5.32 Å². The first-order valence-electron chi connectivity index (χ1n) is 6.94. The molecule has 3 N–H and O–H groups in total. The molecule has 2 atom stereocenters. The van der Waals surface area contributed by atoms with E-state index < -0.39 is 5.41 Å². The first kappa shape index (κ1) is 13.9. The van der Waals surface area contributed by atoms with Crippen LogP contribution in [0, 0.1) is 0 Å². The Kier molecular flexibility index (Phi) is 3.27. The average molecular weight is 295 g/mol.